The minimum atomic E-state index is -1.98. The van der Waals surface area contributed by atoms with E-state index < -0.39 is 65.8 Å². The lowest BCUT2D eigenvalue weighted by molar-refractivity contribution is 0.0478. The molecule has 0 radical (unpaired) electrons. The molecule has 3 unspecified atom stereocenters. The van der Waals surface area contributed by atoms with Gasteiger partial charge in [0.05, 0.1) is 13.2 Å². The maximum absolute atomic E-state index is 14.9. The van der Waals surface area contributed by atoms with Crippen molar-refractivity contribution in [2.24, 2.45) is 11.8 Å². The standard InChI is InChI=1S/C39H47F7O3/c1-3-5-6-7-8-9-25-10-12-28(13-11-25)35(42)31(41)24-49-34-21-20-33(38(45)39(34)46)48-23-22-30(40)27-16-14-26(15-17-27)29-18-19-32(47-4-2)37(44)36(29)43/h14-21,25,28,30-31,35H,3-13,22-24H2,1-2H3. The molecular weight excluding hydrogens is 649 g/mol. The van der Waals surface area contributed by atoms with E-state index in [0.29, 0.717) is 24.3 Å². The lowest BCUT2D eigenvalue weighted by atomic mass is 9.77. The molecule has 0 aliphatic heterocycles. The van der Waals surface area contributed by atoms with Crippen molar-refractivity contribution >= 4 is 0 Å². The van der Waals surface area contributed by atoms with Crippen LogP contribution in [-0.2, 0) is 0 Å². The number of benzene rings is 3. The minimum absolute atomic E-state index is 0.0104. The van der Waals surface area contributed by atoms with Gasteiger partial charge in [-0.2, -0.15) is 13.2 Å². The summed E-state index contributed by atoms with van der Waals surface area (Å²) in [7, 11) is 0. The maximum atomic E-state index is 14.9. The van der Waals surface area contributed by atoms with Crippen molar-refractivity contribution in [1.29, 1.82) is 0 Å². The van der Waals surface area contributed by atoms with Gasteiger partial charge in [0.15, 0.2) is 29.2 Å². The molecule has 0 saturated heterocycles. The Balaban J connectivity index is 1.21. The van der Waals surface area contributed by atoms with Crippen LogP contribution in [0.4, 0.5) is 30.7 Å². The zero-order chi connectivity index (χ0) is 35.3. The van der Waals surface area contributed by atoms with Crippen LogP contribution < -0.4 is 14.2 Å². The van der Waals surface area contributed by atoms with E-state index in [1.807, 2.05) is 0 Å². The molecule has 0 spiro atoms. The SMILES string of the molecule is CCCCCCCC1CCC(C(F)C(F)COc2ccc(OCCC(F)c3ccc(-c4ccc(OCC)c(F)c4F)cc3)c(F)c2F)CC1. The summed E-state index contributed by atoms with van der Waals surface area (Å²) in [4.78, 5) is 0. The molecule has 1 fully saturated rings. The van der Waals surface area contributed by atoms with Crippen molar-refractivity contribution in [2.75, 3.05) is 19.8 Å². The smallest absolute Gasteiger partial charge is 0.204 e. The Morgan fingerprint density at radius 3 is 1.90 bits per heavy atom. The van der Waals surface area contributed by atoms with Gasteiger partial charge in [-0.25, -0.2) is 17.6 Å². The van der Waals surface area contributed by atoms with Crippen molar-refractivity contribution in [3.05, 3.63) is 77.4 Å². The molecule has 0 bridgehead atoms. The van der Waals surface area contributed by atoms with Gasteiger partial charge in [-0.15, -0.1) is 0 Å². The Morgan fingerprint density at radius 2 is 1.24 bits per heavy atom. The van der Waals surface area contributed by atoms with E-state index in [1.54, 1.807) is 6.92 Å². The van der Waals surface area contributed by atoms with E-state index in [4.69, 9.17) is 14.2 Å². The molecule has 270 valence electrons. The fourth-order valence-electron chi connectivity index (χ4n) is 6.46. The van der Waals surface area contributed by atoms with E-state index >= 15 is 0 Å². The van der Waals surface area contributed by atoms with Gasteiger partial charge in [-0.1, -0.05) is 82.6 Å². The fourth-order valence-corrected chi connectivity index (χ4v) is 6.46. The molecule has 0 aromatic heterocycles. The predicted molar refractivity (Wildman–Crippen MR) is 177 cm³/mol. The van der Waals surface area contributed by atoms with E-state index in [0.717, 1.165) is 31.4 Å². The molecule has 3 nitrogen and oxygen atoms in total. The average Bonchev–Trinajstić information content (AvgIpc) is 3.11. The van der Waals surface area contributed by atoms with Gasteiger partial charge in [0.1, 0.15) is 19.0 Å². The van der Waals surface area contributed by atoms with Crippen LogP contribution in [0.2, 0.25) is 0 Å². The van der Waals surface area contributed by atoms with Crippen LogP contribution in [0.15, 0.2) is 48.5 Å². The highest BCUT2D eigenvalue weighted by Gasteiger charge is 2.33. The largest absolute Gasteiger partial charge is 0.491 e. The van der Waals surface area contributed by atoms with Gasteiger partial charge in [0, 0.05) is 12.0 Å². The van der Waals surface area contributed by atoms with Gasteiger partial charge >= 0.3 is 0 Å². The first kappa shape index (κ1) is 38.4. The molecule has 1 aliphatic carbocycles. The number of unbranched alkanes of at least 4 members (excludes halogenated alkanes) is 4. The molecular formula is C39H47F7O3. The van der Waals surface area contributed by atoms with Crippen LogP contribution in [0.25, 0.3) is 11.1 Å². The first-order valence-electron chi connectivity index (χ1n) is 17.5. The van der Waals surface area contributed by atoms with Gasteiger partial charge in [-0.05, 0) is 67.0 Å². The van der Waals surface area contributed by atoms with Crippen LogP contribution in [0.3, 0.4) is 0 Å². The Hall–Kier alpha value is -3.43. The van der Waals surface area contributed by atoms with E-state index in [-0.39, 0.29) is 36.5 Å². The molecule has 4 rings (SSSR count). The molecule has 49 heavy (non-hydrogen) atoms. The summed E-state index contributed by atoms with van der Waals surface area (Å²) in [6.45, 7) is 2.95. The van der Waals surface area contributed by atoms with Crippen molar-refractivity contribution in [2.45, 2.75) is 103 Å². The maximum Gasteiger partial charge on any atom is 0.204 e. The summed E-state index contributed by atoms with van der Waals surface area (Å²) >= 11 is 0. The summed E-state index contributed by atoms with van der Waals surface area (Å²) in [5.41, 5.74) is 0.551. The predicted octanol–water partition coefficient (Wildman–Crippen LogP) is 12.0. The van der Waals surface area contributed by atoms with Crippen molar-refractivity contribution in [1.82, 2.24) is 0 Å². The first-order valence-corrected chi connectivity index (χ1v) is 17.5. The number of halogens is 7. The number of ether oxygens (including phenoxy) is 3. The quantitative estimate of drug-likeness (QED) is 0.0922. The summed E-state index contributed by atoms with van der Waals surface area (Å²) < 4.78 is 118. The monoisotopic (exact) mass is 696 g/mol. The highest BCUT2D eigenvalue weighted by Crippen LogP contribution is 2.37. The zero-order valence-electron chi connectivity index (χ0n) is 28.3. The summed E-state index contributed by atoms with van der Waals surface area (Å²) in [5, 5.41) is 0. The Labute approximate surface area is 285 Å². The summed E-state index contributed by atoms with van der Waals surface area (Å²) in [5.74, 6) is -6.12. The van der Waals surface area contributed by atoms with Gasteiger partial charge < -0.3 is 14.2 Å². The van der Waals surface area contributed by atoms with E-state index in [9.17, 15) is 30.7 Å². The topological polar surface area (TPSA) is 27.7 Å². The number of hydrogen-bond donors (Lipinski definition) is 0. The number of alkyl halides is 3. The Morgan fingerprint density at radius 1 is 0.653 bits per heavy atom. The van der Waals surface area contributed by atoms with E-state index in [1.165, 1.54) is 68.5 Å². The number of hydrogen-bond acceptors (Lipinski definition) is 3. The van der Waals surface area contributed by atoms with Crippen LogP contribution >= 0.6 is 0 Å². The van der Waals surface area contributed by atoms with Gasteiger partial charge in [0.25, 0.3) is 0 Å². The highest BCUT2D eigenvalue weighted by atomic mass is 19.2. The summed E-state index contributed by atoms with van der Waals surface area (Å²) in [6.07, 6.45) is 4.65. The molecule has 0 heterocycles. The average molecular weight is 697 g/mol. The highest BCUT2D eigenvalue weighted by molar-refractivity contribution is 5.65. The zero-order valence-corrected chi connectivity index (χ0v) is 28.3. The molecule has 1 aliphatic rings. The van der Waals surface area contributed by atoms with Gasteiger partial charge in [0.2, 0.25) is 17.5 Å². The van der Waals surface area contributed by atoms with Crippen LogP contribution in [0.1, 0.15) is 96.2 Å². The van der Waals surface area contributed by atoms with Crippen molar-refractivity contribution < 1.29 is 44.9 Å². The molecule has 1 saturated carbocycles. The molecule has 3 aromatic carbocycles. The van der Waals surface area contributed by atoms with Crippen LogP contribution in [-0.4, -0.2) is 32.2 Å². The normalized spacial score (nSPS) is 18.1. The second kappa shape index (κ2) is 19.1. The molecule has 0 amide bonds. The second-order valence-corrected chi connectivity index (χ2v) is 12.8. The molecule has 10 heteroatoms. The fraction of sp³-hybridized carbons (Fsp3) is 0.538. The van der Waals surface area contributed by atoms with Gasteiger partial charge in [-0.3, -0.25) is 0 Å². The minimum Gasteiger partial charge on any atom is -0.491 e. The molecule has 0 N–H and O–H groups in total. The third kappa shape index (κ3) is 10.5. The molecule has 3 aromatic rings. The Bertz CT molecular complexity index is 1440. The Kier molecular flexibility index (Phi) is 15.0. The third-order valence-electron chi connectivity index (χ3n) is 9.37. The third-order valence-corrected chi connectivity index (χ3v) is 9.37. The van der Waals surface area contributed by atoms with Crippen molar-refractivity contribution in [3.8, 4) is 28.4 Å². The van der Waals surface area contributed by atoms with Crippen LogP contribution in [0.5, 0.6) is 17.2 Å². The second-order valence-electron chi connectivity index (χ2n) is 12.8. The van der Waals surface area contributed by atoms with E-state index in [2.05, 4.69) is 6.92 Å². The summed E-state index contributed by atoms with van der Waals surface area (Å²) in [6, 6.07) is 10.6. The lowest BCUT2D eigenvalue weighted by Gasteiger charge is -2.31. The van der Waals surface area contributed by atoms with Crippen LogP contribution in [0, 0.1) is 35.1 Å². The molecule has 3 atom stereocenters. The number of rotatable bonds is 19. The first-order chi connectivity index (χ1) is 23.6. The lowest BCUT2D eigenvalue weighted by Crippen LogP contribution is -2.33. The van der Waals surface area contributed by atoms with Crippen molar-refractivity contribution in [3.63, 3.8) is 0 Å².